The number of hydrogen-bond donors (Lipinski definition) is 1. The Kier molecular flexibility index (Phi) is 4.22. The van der Waals surface area contributed by atoms with Crippen molar-refractivity contribution in [1.29, 1.82) is 0 Å². The van der Waals surface area contributed by atoms with Gasteiger partial charge in [-0.15, -0.1) is 0 Å². The summed E-state index contributed by atoms with van der Waals surface area (Å²) in [5.41, 5.74) is 5.75. The molecule has 2 unspecified atom stereocenters. The number of nitrogens with two attached hydrogens (primary N) is 1. The molecular formula is C10H20N2O. The molecule has 0 saturated carbocycles. The van der Waals surface area contributed by atoms with Gasteiger partial charge < -0.3 is 10.5 Å². The molecule has 3 heteroatoms. The van der Waals surface area contributed by atoms with E-state index >= 15 is 0 Å². The van der Waals surface area contributed by atoms with Crippen LogP contribution in [-0.2, 0) is 4.74 Å². The van der Waals surface area contributed by atoms with Crippen molar-refractivity contribution >= 4 is 5.84 Å². The quantitative estimate of drug-likeness (QED) is 0.534. The van der Waals surface area contributed by atoms with Crippen LogP contribution in [0.2, 0.25) is 0 Å². The number of amidine groups is 1. The van der Waals surface area contributed by atoms with Crippen LogP contribution in [0.3, 0.4) is 0 Å². The third-order valence-electron chi connectivity index (χ3n) is 2.38. The first kappa shape index (κ1) is 10.5. The maximum absolute atomic E-state index is 5.75. The second kappa shape index (κ2) is 5.22. The van der Waals surface area contributed by atoms with E-state index in [9.17, 15) is 0 Å². The van der Waals surface area contributed by atoms with E-state index in [1.807, 2.05) is 0 Å². The van der Waals surface area contributed by atoms with Gasteiger partial charge in [-0.1, -0.05) is 6.92 Å². The van der Waals surface area contributed by atoms with Crippen LogP contribution in [0.1, 0.15) is 39.5 Å². The van der Waals surface area contributed by atoms with Crippen molar-refractivity contribution in [3.05, 3.63) is 0 Å². The van der Waals surface area contributed by atoms with Crippen LogP contribution in [0.15, 0.2) is 4.99 Å². The van der Waals surface area contributed by atoms with Crippen LogP contribution < -0.4 is 5.73 Å². The van der Waals surface area contributed by atoms with Gasteiger partial charge >= 0.3 is 0 Å². The standard InChI is InChI=1S/C10H20N2O/c1-3-5-10(11)12-8(2)9-6-4-7-13-9/h8-9H,3-7H2,1-2H3,(H2,11,12). The van der Waals surface area contributed by atoms with E-state index in [1.165, 1.54) is 0 Å². The topological polar surface area (TPSA) is 47.6 Å². The van der Waals surface area contributed by atoms with Crippen LogP contribution in [0, 0.1) is 0 Å². The SMILES string of the molecule is CCCC(N)=NC(C)C1CCCO1. The summed E-state index contributed by atoms with van der Waals surface area (Å²) in [5, 5.41) is 0. The van der Waals surface area contributed by atoms with E-state index in [0.717, 1.165) is 38.1 Å². The number of hydrogen-bond acceptors (Lipinski definition) is 2. The monoisotopic (exact) mass is 184 g/mol. The van der Waals surface area contributed by atoms with E-state index in [0.29, 0.717) is 6.10 Å². The van der Waals surface area contributed by atoms with Crippen molar-refractivity contribution in [3.8, 4) is 0 Å². The van der Waals surface area contributed by atoms with E-state index in [4.69, 9.17) is 10.5 Å². The Bertz CT molecular complexity index is 174. The third-order valence-corrected chi connectivity index (χ3v) is 2.38. The molecule has 13 heavy (non-hydrogen) atoms. The van der Waals surface area contributed by atoms with E-state index < -0.39 is 0 Å². The largest absolute Gasteiger partial charge is 0.387 e. The smallest absolute Gasteiger partial charge is 0.0941 e. The zero-order valence-electron chi connectivity index (χ0n) is 8.62. The molecule has 1 aliphatic heterocycles. The number of aliphatic imine (C=N–C) groups is 1. The zero-order valence-corrected chi connectivity index (χ0v) is 8.62. The summed E-state index contributed by atoms with van der Waals surface area (Å²) in [6, 6.07) is 0.231. The molecule has 1 saturated heterocycles. The van der Waals surface area contributed by atoms with Gasteiger partial charge in [-0.2, -0.15) is 0 Å². The van der Waals surface area contributed by atoms with Gasteiger partial charge in [0.2, 0.25) is 0 Å². The number of rotatable bonds is 4. The lowest BCUT2D eigenvalue weighted by molar-refractivity contribution is 0.0952. The van der Waals surface area contributed by atoms with Gasteiger partial charge in [-0.25, -0.2) is 0 Å². The Balaban J connectivity index is 2.37. The molecule has 0 radical (unpaired) electrons. The van der Waals surface area contributed by atoms with Gasteiger partial charge in [0.15, 0.2) is 0 Å². The minimum absolute atomic E-state index is 0.231. The Labute approximate surface area is 80.4 Å². The fraction of sp³-hybridized carbons (Fsp3) is 0.900. The second-order valence-corrected chi connectivity index (χ2v) is 3.66. The highest BCUT2D eigenvalue weighted by atomic mass is 16.5. The minimum Gasteiger partial charge on any atom is -0.387 e. The van der Waals surface area contributed by atoms with Crippen LogP contribution in [0.4, 0.5) is 0 Å². The van der Waals surface area contributed by atoms with Crippen molar-refractivity contribution in [1.82, 2.24) is 0 Å². The molecule has 0 amide bonds. The maximum atomic E-state index is 5.75. The first-order valence-corrected chi connectivity index (χ1v) is 5.17. The molecule has 3 nitrogen and oxygen atoms in total. The lowest BCUT2D eigenvalue weighted by Gasteiger charge is -2.14. The number of ether oxygens (including phenoxy) is 1. The van der Waals surface area contributed by atoms with Crippen molar-refractivity contribution in [3.63, 3.8) is 0 Å². The molecule has 0 bridgehead atoms. The molecule has 2 N–H and O–H groups in total. The molecular weight excluding hydrogens is 164 g/mol. The highest BCUT2D eigenvalue weighted by Gasteiger charge is 2.21. The summed E-state index contributed by atoms with van der Waals surface area (Å²) in [6.07, 6.45) is 4.56. The third kappa shape index (κ3) is 3.35. The molecule has 0 aromatic rings. The van der Waals surface area contributed by atoms with Crippen LogP contribution in [-0.4, -0.2) is 24.6 Å². The molecule has 0 spiro atoms. The van der Waals surface area contributed by atoms with Crippen molar-refractivity contribution in [2.75, 3.05) is 6.61 Å². The van der Waals surface area contributed by atoms with Gasteiger partial charge in [0.1, 0.15) is 0 Å². The molecule has 0 aromatic heterocycles. The Morgan fingerprint density at radius 3 is 3.00 bits per heavy atom. The second-order valence-electron chi connectivity index (χ2n) is 3.66. The van der Waals surface area contributed by atoms with Crippen molar-refractivity contribution in [2.45, 2.75) is 51.7 Å². The van der Waals surface area contributed by atoms with Crippen molar-refractivity contribution < 1.29 is 4.74 Å². The summed E-state index contributed by atoms with van der Waals surface area (Å²) in [5.74, 6) is 0.769. The average molecular weight is 184 g/mol. The molecule has 1 fully saturated rings. The molecule has 76 valence electrons. The fourth-order valence-electron chi connectivity index (χ4n) is 1.65. The van der Waals surface area contributed by atoms with E-state index in [-0.39, 0.29) is 6.04 Å². The van der Waals surface area contributed by atoms with Gasteiger partial charge in [-0.3, -0.25) is 4.99 Å². The summed E-state index contributed by atoms with van der Waals surface area (Å²) >= 11 is 0. The molecule has 1 rings (SSSR count). The van der Waals surface area contributed by atoms with E-state index in [2.05, 4.69) is 18.8 Å². The van der Waals surface area contributed by atoms with Crippen LogP contribution >= 0.6 is 0 Å². The first-order chi connectivity index (χ1) is 6.24. The predicted molar refractivity (Wildman–Crippen MR) is 55.0 cm³/mol. The lowest BCUT2D eigenvalue weighted by Crippen LogP contribution is -2.24. The normalized spacial score (nSPS) is 26.3. The molecule has 0 aliphatic carbocycles. The van der Waals surface area contributed by atoms with Gasteiger partial charge in [-0.05, 0) is 26.2 Å². The molecule has 1 heterocycles. The highest BCUT2D eigenvalue weighted by Crippen LogP contribution is 2.17. The molecule has 2 atom stereocenters. The maximum Gasteiger partial charge on any atom is 0.0941 e. The summed E-state index contributed by atoms with van der Waals surface area (Å²) in [4.78, 5) is 4.42. The Hall–Kier alpha value is -0.570. The predicted octanol–water partition coefficient (Wildman–Crippen LogP) is 1.71. The van der Waals surface area contributed by atoms with Crippen LogP contribution in [0.5, 0.6) is 0 Å². The fourth-order valence-corrected chi connectivity index (χ4v) is 1.65. The minimum atomic E-state index is 0.231. The zero-order chi connectivity index (χ0) is 9.68. The summed E-state index contributed by atoms with van der Waals surface area (Å²) in [6.45, 7) is 5.08. The van der Waals surface area contributed by atoms with Gasteiger partial charge in [0.25, 0.3) is 0 Å². The van der Waals surface area contributed by atoms with Crippen molar-refractivity contribution in [2.24, 2.45) is 10.7 Å². The molecule has 1 aliphatic rings. The Morgan fingerprint density at radius 1 is 1.69 bits per heavy atom. The van der Waals surface area contributed by atoms with E-state index in [1.54, 1.807) is 0 Å². The lowest BCUT2D eigenvalue weighted by atomic mass is 10.1. The molecule has 0 aromatic carbocycles. The first-order valence-electron chi connectivity index (χ1n) is 5.17. The van der Waals surface area contributed by atoms with Crippen LogP contribution in [0.25, 0.3) is 0 Å². The highest BCUT2D eigenvalue weighted by molar-refractivity contribution is 5.80. The summed E-state index contributed by atoms with van der Waals surface area (Å²) in [7, 11) is 0. The average Bonchev–Trinajstić information content (AvgIpc) is 2.55. The van der Waals surface area contributed by atoms with Gasteiger partial charge in [0.05, 0.1) is 18.0 Å². The Morgan fingerprint density at radius 2 is 2.46 bits per heavy atom. The number of nitrogens with zero attached hydrogens (tertiary/aromatic N) is 1. The van der Waals surface area contributed by atoms with Gasteiger partial charge in [0, 0.05) is 13.0 Å². The summed E-state index contributed by atoms with van der Waals surface area (Å²) < 4.78 is 5.53.